The fraction of sp³-hybridized carbons (Fsp3) is 0.667. The van der Waals surface area contributed by atoms with Crippen molar-refractivity contribution in [1.29, 1.82) is 0 Å². The summed E-state index contributed by atoms with van der Waals surface area (Å²) in [5.74, 6) is 0.818. The number of hydrogen-bond acceptors (Lipinski definition) is 5. The van der Waals surface area contributed by atoms with Gasteiger partial charge in [0.25, 0.3) is 0 Å². The lowest BCUT2D eigenvalue weighted by molar-refractivity contribution is 0.208. The molecule has 0 radical (unpaired) electrons. The predicted molar refractivity (Wildman–Crippen MR) is 61.9 cm³/mol. The average molecular weight is 263 g/mol. The highest BCUT2D eigenvalue weighted by atomic mass is 35.5. The van der Waals surface area contributed by atoms with Crippen LogP contribution in [0.1, 0.15) is 12.8 Å². The van der Waals surface area contributed by atoms with E-state index in [-0.39, 0.29) is 23.0 Å². The largest absolute Gasteiger partial charge is 0.396 e. The van der Waals surface area contributed by atoms with Gasteiger partial charge in [0.15, 0.2) is 11.0 Å². The van der Waals surface area contributed by atoms with Gasteiger partial charge in [0.2, 0.25) is 5.28 Å². The Kier molecular flexibility index (Phi) is 3.78. The second-order valence-corrected chi connectivity index (χ2v) is 4.53. The molecule has 1 atom stereocenters. The van der Waals surface area contributed by atoms with Crippen LogP contribution in [0.3, 0.4) is 0 Å². The highest BCUT2D eigenvalue weighted by molar-refractivity contribution is 6.32. The van der Waals surface area contributed by atoms with Crippen molar-refractivity contribution in [2.24, 2.45) is 5.92 Å². The van der Waals surface area contributed by atoms with Gasteiger partial charge in [0, 0.05) is 19.7 Å². The molecule has 1 aromatic rings. The first-order chi connectivity index (χ1) is 7.70. The lowest BCUT2D eigenvalue weighted by atomic mass is 9.99. The molecule has 1 saturated heterocycles. The molecular weight excluding hydrogens is 251 g/mol. The van der Waals surface area contributed by atoms with Gasteiger partial charge in [0.1, 0.15) is 0 Å². The molecule has 7 heteroatoms. The fourth-order valence-electron chi connectivity index (χ4n) is 1.89. The first-order valence-corrected chi connectivity index (χ1v) is 5.88. The molecule has 2 rings (SSSR count). The van der Waals surface area contributed by atoms with E-state index in [4.69, 9.17) is 28.3 Å². The van der Waals surface area contributed by atoms with Crippen LogP contribution < -0.4 is 4.90 Å². The molecule has 1 N–H and O–H groups in total. The van der Waals surface area contributed by atoms with Crippen molar-refractivity contribution in [3.8, 4) is 0 Å². The molecular formula is C9H12Cl2N4O. The van der Waals surface area contributed by atoms with Crippen molar-refractivity contribution in [2.75, 3.05) is 24.6 Å². The zero-order valence-electron chi connectivity index (χ0n) is 8.60. The standard InChI is InChI=1S/C9H12Cl2N4O/c10-7-8(12-9(11)14-13-7)15-3-1-2-6(4-15)5-16/h6,16H,1-5H2. The Morgan fingerprint density at radius 2 is 2.19 bits per heavy atom. The fourth-order valence-corrected chi connectivity index (χ4v) is 2.21. The van der Waals surface area contributed by atoms with Crippen LogP contribution in [0.15, 0.2) is 0 Å². The van der Waals surface area contributed by atoms with Gasteiger partial charge in [-0.05, 0) is 30.4 Å². The molecule has 0 saturated carbocycles. The molecule has 1 aliphatic heterocycles. The highest BCUT2D eigenvalue weighted by Gasteiger charge is 2.23. The van der Waals surface area contributed by atoms with Crippen LogP contribution in [-0.4, -0.2) is 40.0 Å². The summed E-state index contributed by atoms with van der Waals surface area (Å²) in [4.78, 5) is 6.06. The van der Waals surface area contributed by atoms with Crippen LogP contribution in [0, 0.1) is 5.92 Å². The number of anilines is 1. The number of hydrogen-bond donors (Lipinski definition) is 1. The zero-order valence-corrected chi connectivity index (χ0v) is 10.1. The molecule has 5 nitrogen and oxygen atoms in total. The zero-order chi connectivity index (χ0) is 11.5. The minimum absolute atomic E-state index is 0.0884. The van der Waals surface area contributed by atoms with E-state index in [0.717, 1.165) is 25.9 Å². The summed E-state index contributed by atoms with van der Waals surface area (Å²) >= 11 is 11.6. The molecule has 0 amide bonds. The topological polar surface area (TPSA) is 62.1 Å². The van der Waals surface area contributed by atoms with Crippen molar-refractivity contribution in [3.05, 3.63) is 10.4 Å². The van der Waals surface area contributed by atoms with Crippen molar-refractivity contribution >= 4 is 29.0 Å². The Labute approximate surface area is 103 Å². The van der Waals surface area contributed by atoms with Crippen molar-refractivity contribution in [3.63, 3.8) is 0 Å². The van der Waals surface area contributed by atoms with E-state index in [0.29, 0.717) is 5.82 Å². The summed E-state index contributed by atoms with van der Waals surface area (Å²) < 4.78 is 0. The Morgan fingerprint density at radius 3 is 2.94 bits per heavy atom. The van der Waals surface area contributed by atoms with Crippen LogP contribution in [0.25, 0.3) is 0 Å². The van der Waals surface area contributed by atoms with E-state index in [1.54, 1.807) is 0 Å². The maximum absolute atomic E-state index is 9.15. The number of aliphatic hydroxyl groups is 1. The smallest absolute Gasteiger partial charge is 0.245 e. The maximum atomic E-state index is 9.15. The van der Waals surface area contributed by atoms with E-state index in [1.807, 2.05) is 4.90 Å². The summed E-state index contributed by atoms with van der Waals surface area (Å²) in [7, 11) is 0. The predicted octanol–water partition coefficient (Wildman–Crippen LogP) is 1.39. The third-order valence-corrected chi connectivity index (χ3v) is 3.08. The first kappa shape index (κ1) is 11.8. The van der Waals surface area contributed by atoms with Crippen molar-refractivity contribution in [2.45, 2.75) is 12.8 Å². The van der Waals surface area contributed by atoms with Crippen molar-refractivity contribution in [1.82, 2.24) is 15.2 Å². The Bertz CT molecular complexity index is 377. The summed E-state index contributed by atoms with van der Waals surface area (Å²) in [5, 5.41) is 16.8. The Balaban J connectivity index is 2.19. The molecule has 0 aliphatic carbocycles. The summed E-state index contributed by atoms with van der Waals surface area (Å²) in [6, 6.07) is 0. The molecule has 1 aliphatic rings. The van der Waals surface area contributed by atoms with Gasteiger partial charge in [-0.2, -0.15) is 4.98 Å². The number of nitrogens with zero attached hydrogens (tertiary/aromatic N) is 4. The summed E-state index contributed by atoms with van der Waals surface area (Å²) in [6.07, 6.45) is 2.03. The van der Waals surface area contributed by atoms with E-state index in [9.17, 15) is 0 Å². The lowest BCUT2D eigenvalue weighted by Gasteiger charge is -2.32. The number of piperidine rings is 1. The molecule has 88 valence electrons. The number of halogens is 2. The highest BCUT2D eigenvalue weighted by Crippen LogP contribution is 2.26. The van der Waals surface area contributed by atoms with Gasteiger partial charge in [-0.3, -0.25) is 0 Å². The molecule has 1 unspecified atom stereocenters. The number of rotatable bonds is 2. The molecule has 16 heavy (non-hydrogen) atoms. The van der Waals surface area contributed by atoms with Crippen LogP contribution in [0.5, 0.6) is 0 Å². The van der Waals surface area contributed by atoms with E-state index < -0.39 is 0 Å². The van der Waals surface area contributed by atoms with Crippen molar-refractivity contribution < 1.29 is 5.11 Å². The molecule has 2 heterocycles. The van der Waals surface area contributed by atoms with E-state index >= 15 is 0 Å². The van der Waals surface area contributed by atoms with Gasteiger partial charge in [-0.25, -0.2) is 0 Å². The second kappa shape index (κ2) is 5.12. The van der Waals surface area contributed by atoms with Gasteiger partial charge < -0.3 is 10.0 Å². The summed E-state index contributed by atoms with van der Waals surface area (Å²) in [6.45, 7) is 1.76. The molecule has 0 bridgehead atoms. The minimum atomic E-state index is 0.0884. The Morgan fingerprint density at radius 1 is 1.38 bits per heavy atom. The van der Waals surface area contributed by atoms with Crippen LogP contribution in [-0.2, 0) is 0 Å². The van der Waals surface area contributed by atoms with E-state index in [2.05, 4.69) is 15.2 Å². The van der Waals surface area contributed by atoms with E-state index in [1.165, 1.54) is 0 Å². The average Bonchev–Trinajstić information content (AvgIpc) is 2.32. The molecule has 1 aromatic heterocycles. The summed E-state index contributed by atoms with van der Waals surface area (Å²) in [5.41, 5.74) is 0. The maximum Gasteiger partial charge on any atom is 0.245 e. The monoisotopic (exact) mass is 262 g/mol. The number of aromatic nitrogens is 3. The third kappa shape index (κ3) is 2.53. The molecule has 0 aromatic carbocycles. The van der Waals surface area contributed by atoms with Gasteiger partial charge in [-0.1, -0.05) is 11.6 Å². The minimum Gasteiger partial charge on any atom is -0.396 e. The molecule has 1 fully saturated rings. The molecule has 0 spiro atoms. The SMILES string of the molecule is OCC1CCCN(c2nc(Cl)nnc2Cl)C1. The van der Waals surface area contributed by atoms with Gasteiger partial charge in [0.05, 0.1) is 0 Å². The quantitative estimate of drug-likeness (QED) is 0.873. The third-order valence-electron chi connectivity index (χ3n) is 2.68. The Hall–Kier alpha value is -0.650. The second-order valence-electron chi connectivity index (χ2n) is 3.83. The number of aliphatic hydroxyl groups excluding tert-OH is 1. The lowest BCUT2D eigenvalue weighted by Crippen LogP contribution is -2.37. The van der Waals surface area contributed by atoms with Gasteiger partial charge >= 0.3 is 0 Å². The van der Waals surface area contributed by atoms with Gasteiger partial charge in [-0.15, -0.1) is 10.2 Å². The van der Waals surface area contributed by atoms with Crippen LogP contribution in [0.4, 0.5) is 5.82 Å². The van der Waals surface area contributed by atoms with Crippen LogP contribution >= 0.6 is 23.2 Å². The van der Waals surface area contributed by atoms with Crippen LogP contribution in [0.2, 0.25) is 10.4 Å². The first-order valence-electron chi connectivity index (χ1n) is 5.12. The normalized spacial score (nSPS) is 21.2.